The molecule has 3 rings (SSSR count). The Labute approximate surface area is 129 Å². The lowest BCUT2D eigenvalue weighted by Crippen LogP contribution is -2.17. The Bertz CT molecular complexity index is 660. The van der Waals surface area contributed by atoms with Crippen LogP contribution in [0.25, 0.3) is 0 Å². The van der Waals surface area contributed by atoms with Gasteiger partial charge in [0.05, 0.1) is 20.1 Å². The topological polar surface area (TPSA) is 55.8 Å². The zero-order valence-electron chi connectivity index (χ0n) is 12.6. The van der Waals surface area contributed by atoms with Gasteiger partial charge in [-0.05, 0) is 41.8 Å². The van der Waals surface area contributed by atoms with Crippen molar-refractivity contribution < 1.29 is 19.4 Å². The van der Waals surface area contributed by atoms with Gasteiger partial charge in [0, 0.05) is 5.41 Å². The number of benzene rings is 2. The summed E-state index contributed by atoms with van der Waals surface area (Å²) in [5.74, 6) is 0.268. The van der Waals surface area contributed by atoms with Crippen LogP contribution in [0, 0.1) is 5.92 Å². The van der Waals surface area contributed by atoms with Crippen molar-refractivity contribution in [3.63, 3.8) is 0 Å². The molecule has 0 saturated heterocycles. The third-order valence-electron chi connectivity index (χ3n) is 4.43. The Morgan fingerprint density at radius 1 is 1.05 bits per heavy atom. The van der Waals surface area contributed by atoms with Gasteiger partial charge >= 0.3 is 5.97 Å². The predicted molar refractivity (Wildman–Crippen MR) is 82.5 cm³/mol. The number of carboxylic acid groups (broad SMARTS) is 1. The molecular formula is C18H18O4. The van der Waals surface area contributed by atoms with Crippen LogP contribution < -0.4 is 9.47 Å². The lowest BCUT2D eigenvalue weighted by molar-refractivity contribution is -0.138. The zero-order chi connectivity index (χ0) is 15.7. The number of hydrogen-bond acceptors (Lipinski definition) is 3. The van der Waals surface area contributed by atoms with Crippen LogP contribution in [0.4, 0.5) is 0 Å². The quantitative estimate of drug-likeness (QED) is 0.921. The molecule has 1 saturated carbocycles. The summed E-state index contributed by atoms with van der Waals surface area (Å²) in [6.45, 7) is 0. The Morgan fingerprint density at radius 2 is 1.55 bits per heavy atom. The smallest absolute Gasteiger partial charge is 0.307 e. The van der Waals surface area contributed by atoms with Gasteiger partial charge in [-0.15, -0.1) is 0 Å². The number of methoxy groups -OCH3 is 2. The van der Waals surface area contributed by atoms with E-state index >= 15 is 0 Å². The number of carboxylic acids is 1. The molecule has 4 heteroatoms. The second-order valence-electron chi connectivity index (χ2n) is 5.53. The van der Waals surface area contributed by atoms with E-state index in [0.717, 1.165) is 22.6 Å². The normalized spacial score (nSPS) is 18.5. The molecule has 0 spiro atoms. The molecule has 0 radical (unpaired) electrons. The number of aliphatic carboxylic acids is 1. The second-order valence-corrected chi connectivity index (χ2v) is 5.53. The van der Waals surface area contributed by atoms with Crippen molar-refractivity contribution in [2.75, 3.05) is 14.2 Å². The van der Waals surface area contributed by atoms with Crippen LogP contribution in [0.3, 0.4) is 0 Å². The van der Waals surface area contributed by atoms with Crippen molar-refractivity contribution in [1.29, 1.82) is 0 Å². The fraction of sp³-hybridized carbons (Fsp3) is 0.278. The first-order chi connectivity index (χ1) is 10.6. The third kappa shape index (κ3) is 2.21. The van der Waals surface area contributed by atoms with Crippen molar-refractivity contribution >= 4 is 5.97 Å². The molecule has 0 amide bonds. The molecule has 4 nitrogen and oxygen atoms in total. The minimum absolute atomic E-state index is 0.424. The Morgan fingerprint density at radius 3 is 1.91 bits per heavy atom. The fourth-order valence-electron chi connectivity index (χ4n) is 3.17. The summed E-state index contributed by atoms with van der Waals surface area (Å²) in [7, 11) is 3.22. The van der Waals surface area contributed by atoms with Gasteiger partial charge in [-0.1, -0.05) is 24.3 Å². The molecule has 2 aromatic carbocycles. The highest BCUT2D eigenvalue weighted by molar-refractivity contribution is 5.79. The Kier molecular flexibility index (Phi) is 3.53. The summed E-state index contributed by atoms with van der Waals surface area (Å²) in [6, 6.07) is 15.3. The minimum Gasteiger partial charge on any atom is -0.497 e. The molecule has 2 aromatic rings. The maximum Gasteiger partial charge on any atom is 0.307 e. The molecule has 1 aliphatic rings. The molecule has 114 valence electrons. The lowest BCUT2D eigenvalue weighted by Gasteiger charge is -2.19. The minimum atomic E-state index is -0.773. The Hall–Kier alpha value is -2.49. The van der Waals surface area contributed by atoms with Gasteiger partial charge in [0.15, 0.2) is 0 Å². The van der Waals surface area contributed by atoms with Gasteiger partial charge in [0.25, 0.3) is 0 Å². The highest BCUT2D eigenvalue weighted by Crippen LogP contribution is 2.59. The summed E-state index contributed by atoms with van der Waals surface area (Å²) in [5, 5.41) is 9.50. The van der Waals surface area contributed by atoms with E-state index in [0.29, 0.717) is 6.42 Å². The van der Waals surface area contributed by atoms with E-state index in [9.17, 15) is 9.90 Å². The van der Waals surface area contributed by atoms with E-state index in [1.165, 1.54) is 0 Å². The van der Waals surface area contributed by atoms with Crippen molar-refractivity contribution in [1.82, 2.24) is 0 Å². The predicted octanol–water partition coefficient (Wildman–Crippen LogP) is 3.09. The summed E-state index contributed by atoms with van der Waals surface area (Å²) in [4.78, 5) is 11.6. The van der Waals surface area contributed by atoms with E-state index in [1.807, 2.05) is 48.5 Å². The van der Waals surface area contributed by atoms with Crippen molar-refractivity contribution in [2.45, 2.75) is 11.8 Å². The molecule has 1 aliphatic carbocycles. The molecular weight excluding hydrogens is 280 g/mol. The van der Waals surface area contributed by atoms with Crippen LogP contribution in [-0.2, 0) is 10.2 Å². The monoisotopic (exact) mass is 298 g/mol. The van der Waals surface area contributed by atoms with Gasteiger partial charge in [0.1, 0.15) is 11.5 Å². The van der Waals surface area contributed by atoms with E-state index < -0.39 is 17.3 Å². The average Bonchev–Trinajstić information content (AvgIpc) is 3.32. The fourth-order valence-corrected chi connectivity index (χ4v) is 3.17. The highest BCUT2D eigenvalue weighted by atomic mass is 16.5. The largest absolute Gasteiger partial charge is 0.497 e. The van der Waals surface area contributed by atoms with E-state index in [1.54, 1.807) is 14.2 Å². The number of ether oxygens (including phenoxy) is 2. The summed E-state index contributed by atoms with van der Waals surface area (Å²) in [6.07, 6.45) is 0.586. The lowest BCUT2D eigenvalue weighted by atomic mass is 9.85. The Balaban J connectivity index is 2.11. The van der Waals surface area contributed by atoms with Gasteiger partial charge in [0.2, 0.25) is 0 Å². The molecule has 0 bridgehead atoms. The van der Waals surface area contributed by atoms with E-state index in [-0.39, 0.29) is 0 Å². The van der Waals surface area contributed by atoms with Crippen LogP contribution in [0.5, 0.6) is 11.5 Å². The van der Waals surface area contributed by atoms with Gasteiger partial charge in [-0.2, -0.15) is 0 Å². The summed E-state index contributed by atoms with van der Waals surface area (Å²) in [5.41, 5.74) is 1.43. The molecule has 1 atom stereocenters. The second kappa shape index (κ2) is 5.37. The SMILES string of the molecule is COc1cccc(C2(c3cccc(OC)c3)CC2C(=O)O)c1. The summed E-state index contributed by atoms with van der Waals surface area (Å²) < 4.78 is 10.6. The molecule has 0 aliphatic heterocycles. The molecule has 0 heterocycles. The van der Waals surface area contributed by atoms with Gasteiger partial charge in [-0.3, -0.25) is 4.79 Å². The van der Waals surface area contributed by atoms with Crippen LogP contribution in [0.2, 0.25) is 0 Å². The molecule has 1 unspecified atom stereocenters. The first-order valence-corrected chi connectivity index (χ1v) is 7.13. The molecule has 1 fully saturated rings. The van der Waals surface area contributed by atoms with Crippen molar-refractivity contribution in [3.05, 3.63) is 59.7 Å². The van der Waals surface area contributed by atoms with Crippen LogP contribution in [-0.4, -0.2) is 25.3 Å². The number of carbonyl (C=O) groups is 1. The third-order valence-corrected chi connectivity index (χ3v) is 4.43. The van der Waals surface area contributed by atoms with E-state index in [2.05, 4.69) is 0 Å². The van der Waals surface area contributed by atoms with Crippen molar-refractivity contribution in [2.24, 2.45) is 5.92 Å². The van der Waals surface area contributed by atoms with Crippen molar-refractivity contribution in [3.8, 4) is 11.5 Å². The number of hydrogen-bond donors (Lipinski definition) is 1. The average molecular weight is 298 g/mol. The van der Waals surface area contributed by atoms with Crippen LogP contribution >= 0.6 is 0 Å². The first-order valence-electron chi connectivity index (χ1n) is 7.13. The van der Waals surface area contributed by atoms with E-state index in [4.69, 9.17) is 9.47 Å². The highest BCUT2D eigenvalue weighted by Gasteiger charge is 2.60. The maximum atomic E-state index is 11.6. The number of rotatable bonds is 5. The molecule has 22 heavy (non-hydrogen) atoms. The van der Waals surface area contributed by atoms with Crippen LogP contribution in [0.15, 0.2) is 48.5 Å². The standard InChI is InChI=1S/C18H18O4/c1-21-14-7-3-5-12(9-14)18(11-16(18)17(19)20)13-6-4-8-15(10-13)22-2/h3-10,16H,11H2,1-2H3,(H,19,20). The van der Waals surface area contributed by atoms with Crippen LogP contribution in [0.1, 0.15) is 17.5 Å². The van der Waals surface area contributed by atoms with Gasteiger partial charge < -0.3 is 14.6 Å². The molecule has 1 N–H and O–H groups in total. The zero-order valence-corrected chi connectivity index (χ0v) is 12.6. The first kappa shape index (κ1) is 14.4. The maximum absolute atomic E-state index is 11.6. The summed E-state index contributed by atoms with van der Waals surface area (Å²) >= 11 is 0. The molecule has 0 aromatic heterocycles. The van der Waals surface area contributed by atoms with Gasteiger partial charge in [-0.25, -0.2) is 0 Å².